The summed E-state index contributed by atoms with van der Waals surface area (Å²) in [6.45, 7) is 0.389. The number of rotatable bonds is 8. The lowest BCUT2D eigenvalue weighted by Gasteiger charge is -2.10. The van der Waals surface area contributed by atoms with E-state index in [-0.39, 0.29) is 12.5 Å². The highest BCUT2D eigenvalue weighted by Gasteiger charge is 2.05. The molecule has 0 aromatic heterocycles. The average molecular weight is 363 g/mol. The first-order valence-electron chi connectivity index (χ1n) is 8.56. The van der Waals surface area contributed by atoms with E-state index in [1.165, 1.54) is 0 Å². The predicted octanol–water partition coefficient (Wildman–Crippen LogP) is 4.29. The molecule has 0 radical (unpaired) electrons. The number of methoxy groups -OCH3 is 1. The first-order valence-corrected chi connectivity index (χ1v) is 8.56. The summed E-state index contributed by atoms with van der Waals surface area (Å²) < 4.78 is 16.3. The number of carbonyl (C=O) groups is 1. The molecular weight excluding hydrogens is 342 g/mol. The van der Waals surface area contributed by atoms with Crippen molar-refractivity contribution in [2.24, 2.45) is 0 Å². The van der Waals surface area contributed by atoms with Crippen molar-refractivity contribution in [1.29, 1.82) is 0 Å². The maximum absolute atomic E-state index is 12.1. The quantitative estimate of drug-likeness (QED) is 0.649. The number of hydrogen-bond donors (Lipinski definition) is 1. The maximum atomic E-state index is 12.1. The molecule has 27 heavy (non-hydrogen) atoms. The molecule has 0 saturated heterocycles. The van der Waals surface area contributed by atoms with Gasteiger partial charge in [-0.1, -0.05) is 36.4 Å². The maximum Gasteiger partial charge on any atom is 0.262 e. The van der Waals surface area contributed by atoms with E-state index in [9.17, 15) is 4.79 Å². The summed E-state index contributed by atoms with van der Waals surface area (Å²) in [5.41, 5.74) is 1.74. The number of nitrogens with one attached hydrogen (secondary N) is 1. The fourth-order valence-corrected chi connectivity index (χ4v) is 2.42. The van der Waals surface area contributed by atoms with Crippen LogP contribution in [0, 0.1) is 0 Å². The molecule has 1 N–H and O–H groups in total. The van der Waals surface area contributed by atoms with Gasteiger partial charge in [-0.25, -0.2) is 0 Å². The van der Waals surface area contributed by atoms with E-state index in [2.05, 4.69) is 5.32 Å². The number of amides is 1. The van der Waals surface area contributed by atoms with E-state index >= 15 is 0 Å². The summed E-state index contributed by atoms with van der Waals surface area (Å²) in [4.78, 5) is 12.1. The Labute approximate surface area is 158 Å². The standard InChI is InChI=1S/C22H21NO4/c1-25-19-10-12-20(13-11-19)27-16-22(24)23-18-8-5-9-21(14-18)26-15-17-6-3-2-4-7-17/h2-14H,15-16H2,1H3,(H,23,24). The highest BCUT2D eigenvalue weighted by atomic mass is 16.5. The molecule has 3 aromatic rings. The van der Waals surface area contributed by atoms with Crippen LogP contribution in [-0.2, 0) is 11.4 Å². The van der Waals surface area contributed by atoms with Crippen LogP contribution in [0.1, 0.15) is 5.56 Å². The number of hydrogen-bond acceptors (Lipinski definition) is 4. The van der Waals surface area contributed by atoms with E-state index < -0.39 is 0 Å². The Kier molecular flexibility index (Phi) is 6.30. The van der Waals surface area contributed by atoms with E-state index in [0.717, 1.165) is 11.3 Å². The molecule has 0 fully saturated rings. The Morgan fingerprint density at radius 1 is 0.815 bits per heavy atom. The average Bonchev–Trinajstić information content (AvgIpc) is 2.72. The van der Waals surface area contributed by atoms with Gasteiger partial charge in [0.2, 0.25) is 0 Å². The van der Waals surface area contributed by atoms with Gasteiger partial charge < -0.3 is 19.5 Å². The van der Waals surface area contributed by atoms with Crippen molar-refractivity contribution in [2.75, 3.05) is 19.0 Å². The zero-order valence-electron chi connectivity index (χ0n) is 15.1. The van der Waals surface area contributed by atoms with Gasteiger partial charge in [0.05, 0.1) is 7.11 Å². The van der Waals surface area contributed by atoms with Crippen LogP contribution in [0.25, 0.3) is 0 Å². The summed E-state index contributed by atoms with van der Waals surface area (Å²) in [5.74, 6) is 1.78. The van der Waals surface area contributed by atoms with Crippen molar-refractivity contribution in [1.82, 2.24) is 0 Å². The van der Waals surface area contributed by atoms with E-state index in [0.29, 0.717) is 23.8 Å². The topological polar surface area (TPSA) is 56.8 Å². The van der Waals surface area contributed by atoms with Crippen LogP contribution >= 0.6 is 0 Å². The predicted molar refractivity (Wildman–Crippen MR) is 104 cm³/mol. The first-order chi connectivity index (χ1) is 13.2. The molecule has 0 bridgehead atoms. The molecule has 5 heteroatoms. The molecule has 0 saturated carbocycles. The minimum atomic E-state index is -0.244. The summed E-state index contributed by atoms with van der Waals surface area (Å²) in [6.07, 6.45) is 0. The van der Waals surface area contributed by atoms with Crippen LogP contribution in [0.3, 0.4) is 0 Å². The van der Waals surface area contributed by atoms with Gasteiger partial charge in [0.15, 0.2) is 6.61 Å². The fourth-order valence-electron chi connectivity index (χ4n) is 2.42. The highest BCUT2D eigenvalue weighted by Crippen LogP contribution is 2.19. The normalized spacial score (nSPS) is 10.1. The fraction of sp³-hybridized carbons (Fsp3) is 0.136. The monoisotopic (exact) mass is 363 g/mol. The number of carbonyl (C=O) groups excluding carboxylic acids is 1. The molecule has 138 valence electrons. The molecule has 0 heterocycles. The zero-order valence-corrected chi connectivity index (χ0v) is 15.1. The summed E-state index contributed by atoms with van der Waals surface area (Å²) in [7, 11) is 1.60. The van der Waals surface area contributed by atoms with Gasteiger partial charge in [-0.05, 0) is 42.0 Å². The Hall–Kier alpha value is -3.47. The number of benzene rings is 3. The summed E-state index contributed by atoms with van der Waals surface area (Å²) in [5, 5.41) is 2.80. The van der Waals surface area contributed by atoms with E-state index in [1.807, 2.05) is 42.5 Å². The van der Waals surface area contributed by atoms with Crippen LogP contribution < -0.4 is 19.5 Å². The molecule has 0 spiro atoms. The molecule has 5 nitrogen and oxygen atoms in total. The van der Waals surface area contributed by atoms with Crippen molar-refractivity contribution in [2.45, 2.75) is 6.61 Å². The Balaban J connectivity index is 1.50. The SMILES string of the molecule is COc1ccc(OCC(=O)Nc2cccc(OCc3ccccc3)c2)cc1. The minimum Gasteiger partial charge on any atom is -0.497 e. The van der Waals surface area contributed by atoms with Crippen LogP contribution in [-0.4, -0.2) is 19.6 Å². The molecule has 0 aliphatic rings. The first kappa shape index (κ1) is 18.3. The van der Waals surface area contributed by atoms with Crippen LogP contribution in [0.5, 0.6) is 17.2 Å². The van der Waals surface area contributed by atoms with Gasteiger partial charge in [0.25, 0.3) is 5.91 Å². The lowest BCUT2D eigenvalue weighted by atomic mass is 10.2. The molecule has 0 aliphatic carbocycles. The molecule has 3 rings (SSSR count). The van der Waals surface area contributed by atoms with Crippen molar-refractivity contribution in [3.63, 3.8) is 0 Å². The molecule has 1 amide bonds. The van der Waals surface area contributed by atoms with Crippen molar-refractivity contribution in [3.8, 4) is 17.2 Å². The van der Waals surface area contributed by atoms with Crippen LogP contribution in [0.15, 0.2) is 78.9 Å². The van der Waals surface area contributed by atoms with Gasteiger partial charge in [-0.3, -0.25) is 4.79 Å². The second-order valence-corrected chi connectivity index (χ2v) is 5.81. The zero-order chi connectivity index (χ0) is 18.9. The smallest absolute Gasteiger partial charge is 0.262 e. The van der Waals surface area contributed by atoms with Gasteiger partial charge in [0.1, 0.15) is 23.9 Å². The molecule has 0 unspecified atom stereocenters. The van der Waals surface area contributed by atoms with Gasteiger partial charge in [0, 0.05) is 11.8 Å². The van der Waals surface area contributed by atoms with Crippen LogP contribution in [0.2, 0.25) is 0 Å². The van der Waals surface area contributed by atoms with Crippen LogP contribution in [0.4, 0.5) is 5.69 Å². The third kappa shape index (κ3) is 5.78. The third-order valence-corrected chi connectivity index (χ3v) is 3.80. The second kappa shape index (κ2) is 9.29. The Morgan fingerprint density at radius 3 is 2.30 bits per heavy atom. The molecular formula is C22H21NO4. The molecule has 3 aromatic carbocycles. The van der Waals surface area contributed by atoms with E-state index in [4.69, 9.17) is 14.2 Å². The Morgan fingerprint density at radius 2 is 1.56 bits per heavy atom. The van der Waals surface area contributed by atoms with Gasteiger partial charge in [-0.15, -0.1) is 0 Å². The lowest BCUT2D eigenvalue weighted by molar-refractivity contribution is -0.118. The summed E-state index contributed by atoms with van der Waals surface area (Å²) in [6, 6.07) is 24.3. The number of ether oxygens (including phenoxy) is 3. The lowest BCUT2D eigenvalue weighted by Crippen LogP contribution is -2.20. The highest BCUT2D eigenvalue weighted by molar-refractivity contribution is 5.92. The second-order valence-electron chi connectivity index (χ2n) is 5.81. The van der Waals surface area contributed by atoms with Crippen molar-refractivity contribution in [3.05, 3.63) is 84.4 Å². The largest absolute Gasteiger partial charge is 0.497 e. The number of anilines is 1. The molecule has 0 aliphatic heterocycles. The third-order valence-electron chi connectivity index (χ3n) is 3.80. The van der Waals surface area contributed by atoms with Gasteiger partial charge in [-0.2, -0.15) is 0 Å². The Bertz CT molecular complexity index is 863. The van der Waals surface area contributed by atoms with Gasteiger partial charge >= 0.3 is 0 Å². The molecule has 0 atom stereocenters. The summed E-state index contributed by atoms with van der Waals surface area (Å²) >= 11 is 0. The van der Waals surface area contributed by atoms with E-state index in [1.54, 1.807) is 43.5 Å². The minimum absolute atomic E-state index is 0.0819. The van der Waals surface area contributed by atoms with Crippen molar-refractivity contribution >= 4 is 11.6 Å². The van der Waals surface area contributed by atoms with Crippen molar-refractivity contribution < 1.29 is 19.0 Å².